The lowest BCUT2D eigenvalue weighted by molar-refractivity contribution is -0.151. The molecule has 0 saturated carbocycles. The smallest absolute Gasteiger partial charge is 0.407 e. The first-order valence-corrected chi connectivity index (χ1v) is 4.84. The summed E-state index contributed by atoms with van der Waals surface area (Å²) in [5, 5.41) is 0. The highest BCUT2D eigenvalue weighted by atomic mass is 127. The average Bonchev–Trinajstić information content (AvgIpc) is 2.06. The lowest BCUT2D eigenvalue weighted by atomic mass is 10.3. The van der Waals surface area contributed by atoms with Gasteiger partial charge in [-0.2, -0.15) is 8.78 Å². The van der Waals surface area contributed by atoms with E-state index in [-0.39, 0.29) is 10.2 Å². The van der Waals surface area contributed by atoms with Crippen LogP contribution in [0, 0.1) is 0 Å². The van der Waals surface area contributed by atoms with Crippen molar-refractivity contribution in [3.05, 3.63) is 30.3 Å². The molecule has 0 radical (unpaired) electrons. The number of alkyl halides is 3. The zero-order chi connectivity index (χ0) is 9.03. The van der Waals surface area contributed by atoms with E-state index in [1.807, 2.05) is 0 Å². The molecule has 1 aromatic rings. The Hall–Kier alpha value is -0.390. The zero-order valence-corrected chi connectivity index (χ0v) is 8.29. The highest BCUT2D eigenvalue weighted by Crippen LogP contribution is 2.22. The molecule has 0 N–H and O–H groups in total. The number of ether oxygens (including phenoxy) is 1. The molecule has 0 amide bonds. The van der Waals surface area contributed by atoms with Crippen molar-refractivity contribution in [2.45, 2.75) is 6.11 Å². The molecule has 1 rings (SSSR count). The molecular weight excluding hydrogens is 277 g/mol. The van der Waals surface area contributed by atoms with Gasteiger partial charge in [0.15, 0.2) is 0 Å². The second-order valence-electron chi connectivity index (χ2n) is 2.19. The normalized spacial score (nSPS) is 11.2. The Morgan fingerprint density at radius 3 is 2.33 bits per heavy atom. The summed E-state index contributed by atoms with van der Waals surface area (Å²) in [4.78, 5) is 0. The van der Waals surface area contributed by atoms with Crippen molar-refractivity contribution in [1.82, 2.24) is 0 Å². The SMILES string of the molecule is FC(F)(CI)Oc1ccccc1. The summed E-state index contributed by atoms with van der Waals surface area (Å²) >= 11 is 1.58. The van der Waals surface area contributed by atoms with Crippen molar-refractivity contribution in [3.63, 3.8) is 0 Å². The Bertz CT molecular complexity index is 238. The Kier molecular flexibility index (Phi) is 3.25. The van der Waals surface area contributed by atoms with Gasteiger partial charge in [-0.25, -0.2) is 0 Å². The second-order valence-corrected chi connectivity index (χ2v) is 2.95. The molecule has 0 aliphatic rings. The zero-order valence-electron chi connectivity index (χ0n) is 6.14. The molecule has 0 spiro atoms. The molecule has 0 saturated heterocycles. The molecule has 0 aromatic heterocycles. The molecule has 0 unspecified atom stereocenters. The van der Waals surface area contributed by atoms with Crippen molar-refractivity contribution in [2.24, 2.45) is 0 Å². The topological polar surface area (TPSA) is 9.23 Å². The summed E-state index contributed by atoms with van der Waals surface area (Å²) < 4.78 is 29.3. The van der Waals surface area contributed by atoms with E-state index in [0.717, 1.165) is 0 Å². The van der Waals surface area contributed by atoms with Crippen LogP contribution >= 0.6 is 22.6 Å². The molecule has 0 atom stereocenters. The Morgan fingerprint density at radius 1 is 1.25 bits per heavy atom. The van der Waals surface area contributed by atoms with Crippen LogP contribution in [0.25, 0.3) is 0 Å². The minimum Gasteiger partial charge on any atom is -0.432 e. The van der Waals surface area contributed by atoms with Crippen LogP contribution in [0.2, 0.25) is 0 Å². The van der Waals surface area contributed by atoms with Crippen LogP contribution in [0.1, 0.15) is 0 Å². The Balaban J connectivity index is 2.64. The van der Waals surface area contributed by atoms with Gasteiger partial charge in [0.2, 0.25) is 0 Å². The standard InChI is InChI=1S/C8H7F2IO/c9-8(10,6-11)12-7-4-2-1-3-5-7/h1-5H,6H2. The molecule has 0 bridgehead atoms. The molecule has 0 aliphatic carbocycles. The highest BCUT2D eigenvalue weighted by Gasteiger charge is 2.29. The Morgan fingerprint density at radius 2 is 1.83 bits per heavy atom. The predicted octanol–water partition coefficient (Wildman–Crippen LogP) is 3.09. The van der Waals surface area contributed by atoms with Gasteiger partial charge in [-0.05, 0) is 12.1 Å². The van der Waals surface area contributed by atoms with E-state index in [4.69, 9.17) is 0 Å². The lowest BCUT2D eigenvalue weighted by Gasteiger charge is -2.14. The van der Waals surface area contributed by atoms with E-state index in [1.165, 1.54) is 12.1 Å². The molecule has 1 aromatic carbocycles. The van der Waals surface area contributed by atoms with Crippen molar-refractivity contribution in [2.75, 3.05) is 4.43 Å². The maximum atomic E-state index is 12.6. The summed E-state index contributed by atoms with van der Waals surface area (Å²) in [6.45, 7) is 0. The summed E-state index contributed by atoms with van der Waals surface area (Å²) in [7, 11) is 0. The number of rotatable bonds is 3. The maximum absolute atomic E-state index is 12.6. The molecule has 0 fully saturated rings. The van der Waals surface area contributed by atoms with Crippen LogP contribution in [0.4, 0.5) is 8.78 Å². The van der Waals surface area contributed by atoms with Gasteiger partial charge < -0.3 is 4.74 Å². The molecule has 12 heavy (non-hydrogen) atoms. The summed E-state index contributed by atoms with van der Waals surface area (Å²) in [6, 6.07) is 8.05. The molecular formula is C8H7F2IO. The number of halogens is 3. The van der Waals surface area contributed by atoms with E-state index in [1.54, 1.807) is 40.8 Å². The van der Waals surface area contributed by atoms with Crippen molar-refractivity contribution >= 4 is 22.6 Å². The molecule has 1 nitrogen and oxygen atoms in total. The molecule has 0 aliphatic heterocycles. The first-order chi connectivity index (χ1) is 5.64. The van der Waals surface area contributed by atoms with Gasteiger partial charge in [0.05, 0.1) is 0 Å². The van der Waals surface area contributed by atoms with Crippen molar-refractivity contribution in [3.8, 4) is 5.75 Å². The number of hydrogen-bond donors (Lipinski definition) is 0. The van der Waals surface area contributed by atoms with E-state index in [0.29, 0.717) is 0 Å². The summed E-state index contributed by atoms with van der Waals surface area (Å²) in [6.07, 6.45) is -3.07. The van der Waals surface area contributed by atoms with E-state index in [9.17, 15) is 8.78 Å². The predicted molar refractivity (Wildman–Crippen MR) is 50.9 cm³/mol. The van der Waals surface area contributed by atoms with Gasteiger partial charge in [0.1, 0.15) is 10.2 Å². The van der Waals surface area contributed by atoms with Gasteiger partial charge in [-0.1, -0.05) is 40.8 Å². The number of para-hydroxylation sites is 1. The van der Waals surface area contributed by atoms with Crippen LogP contribution in [-0.4, -0.2) is 10.5 Å². The molecule has 0 heterocycles. The first-order valence-electron chi connectivity index (χ1n) is 3.32. The minimum atomic E-state index is -3.07. The third-order valence-corrected chi connectivity index (χ3v) is 2.05. The van der Waals surface area contributed by atoms with Gasteiger partial charge in [-0.3, -0.25) is 0 Å². The summed E-state index contributed by atoms with van der Waals surface area (Å²) in [5.41, 5.74) is 0. The third-order valence-electron chi connectivity index (χ3n) is 1.17. The average molecular weight is 284 g/mol. The van der Waals surface area contributed by atoms with Crippen LogP contribution < -0.4 is 4.74 Å². The van der Waals surface area contributed by atoms with Crippen LogP contribution in [-0.2, 0) is 0 Å². The van der Waals surface area contributed by atoms with Crippen molar-refractivity contribution < 1.29 is 13.5 Å². The number of hydrogen-bond acceptors (Lipinski definition) is 1. The largest absolute Gasteiger partial charge is 0.432 e. The fourth-order valence-corrected chi connectivity index (χ4v) is 0.844. The van der Waals surface area contributed by atoms with E-state index in [2.05, 4.69) is 4.74 Å². The van der Waals surface area contributed by atoms with Gasteiger partial charge in [0.25, 0.3) is 0 Å². The lowest BCUT2D eigenvalue weighted by Crippen LogP contribution is -2.26. The Labute approximate surface area is 82.9 Å². The van der Waals surface area contributed by atoms with Crippen LogP contribution in [0.3, 0.4) is 0 Å². The maximum Gasteiger partial charge on any atom is 0.407 e. The summed E-state index contributed by atoms with van der Waals surface area (Å²) in [5.74, 6) is 0.194. The molecule has 66 valence electrons. The quantitative estimate of drug-likeness (QED) is 0.612. The van der Waals surface area contributed by atoms with Gasteiger partial charge >= 0.3 is 6.11 Å². The van der Waals surface area contributed by atoms with Crippen molar-refractivity contribution in [1.29, 1.82) is 0 Å². The van der Waals surface area contributed by atoms with Crippen LogP contribution in [0.5, 0.6) is 5.75 Å². The van der Waals surface area contributed by atoms with E-state index >= 15 is 0 Å². The fourth-order valence-electron chi connectivity index (χ4n) is 0.688. The fraction of sp³-hybridized carbons (Fsp3) is 0.250. The third kappa shape index (κ3) is 2.92. The second kappa shape index (κ2) is 4.02. The van der Waals surface area contributed by atoms with E-state index < -0.39 is 6.11 Å². The first kappa shape index (κ1) is 9.70. The monoisotopic (exact) mass is 284 g/mol. The van der Waals surface area contributed by atoms with Gasteiger partial charge in [0, 0.05) is 0 Å². The number of benzene rings is 1. The highest BCUT2D eigenvalue weighted by molar-refractivity contribution is 14.1. The molecule has 4 heteroatoms. The minimum absolute atomic E-state index is 0.194. The van der Waals surface area contributed by atoms with Gasteiger partial charge in [-0.15, -0.1) is 0 Å². The van der Waals surface area contributed by atoms with Crippen LogP contribution in [0.15, 0.2) is 30.3 Å².